The van der Waals surface area contributed by atoms with Crippen molar-refractivity contribution in [1.29, 1.82) is 0 Å². The molecule has 1 aromatic rings. The van der Waals surface area contributed by atoms with E-state index in [0.29, 0.717) is 16.1 Å². The number of amides is 1. The second-order valence-electron chi connectivity index (χ2n) is 4.29. The lowest BCUT2D eigenvalue weighted by molar-refractivity contribution is 0.0784. The van der Waals surface area contributed by atoms with Crippen molar-refractivity contribution in [3.63, 3.8) is 0 Å². The first-order valence-corrected chi connectivity index (χ1v) is 6.51. The van der Waals surface area contributed by atoms with Gasteiger partial charge in [0.05, 0.1) is 0 Å². The number of likely N-dealkylation sites (tertiary alicyclic amines) is 1. The Kier molecular flexibility index (Phi) is 4.12. The molecule has 2 heterocycles. The summed E-state index contributed by atoms with van der Waals surface area (Å²) in [6.45, 7) is 1.73. The Hall–Kier alpha value is -0.940. The van der Waals surface area contributed by atoms with Crippen LogP contribution < -0.4 is 0 Å². The molecule has 2 rings (SSSR count). The van der Waals surface area contributed by atoms with Crippen LogP contribution >= 0.6 is 15.9 Å². The van der Waals surface area contributed by atoms with Gasteiger partial charge in [0, 0.05) is 31.5 Å². The van der Waals surface area contributed by atoms with E-state index in [1.54, 1.807) is 18.3 Å². The summed E-state index contributed by atoms with van der Waals surface area (Å²) >= 11 is 3.26. The fourth-order valence-corrected chi connectivity index (χ4v) is 2.52. The third-order valence-corrected chi connectivity index (χ3v) is 3.52. The summed E-state index contributed by atoms with van der Waals surface area (Å²) in [6.07, 6.45) is 3.39. The molecular weight excluding hydrogens is 284 g/mol. The largest absolute Gasteiger partial charge is 0.396 e. The van der Waals surface area contributed by atoms with E-state index in [9.17, 15) is 4.79 Å². The number of hydrogen-bond donors (Lipinski definition) is 1. The van der Waals surface area contributed by atoms with E-state index in [1.807, 2.05) is 4.90 Å². The minimum atomic E-state index is 0.0496. The number of aliphatic hydroxyl groups is 1. The molecule has 0 spiro atoms. The van der Waals surface area contributed by atoms with Crippen molar-refractivity contribution in [2.45, 2.75) is 12.8 Å². The predicted octanol–water partition coefficient (Wildman–Crippen LogP) is 1.69. The van der Waals surface area contributed by atoms with Crippen molar-refractivity contribution >= 4 is 21.8 Å². The Balaban J connectivity index is 2.02. The quantitative estimate of drug-likeness (QED) is 0.864. The smallest absolute Gasteiger partial charge is 0.254 e. The fraction of sp³-hybridized carbons (Fsp3) is 0.500. The highest BCUT2D eigenvalue weighted by atomic mass is 79.9. The van der Waals surface area contributed by atoms with Crippen LogP contribution in [0.15, 0.2) is 22.9 Å². The second kappa shape index (κ2) is 5.60. The number of aromatic nitrogens is 1. The van der Waals surface area contributed by atoms with Gasteiger partial charge in [-0.2, -0.15) is 0 Å². The fourth-order valence-electron chi connectivity index (χ4n) is 2.15. The number of nitrogens with zero attached hydrogens (tertiary/aromatic N) is 2. The lowest BCUT2D eigenvalue weighted by atomic mass is 10.1. The van der Waals surface area contributed by atoms with E-state index in [0.717, 1.165) is 25.9 Å². The van der Waals surface area contributed by atoms with Crippen LogP contribution in [0.1, 0.15) is 23.2 Å². The lowest BCUT2D eigenvalue weighted by Crippen LogP contribution is -2.28. The van der Waals surface area contributed by atoms with Gasteiger partial charge in [0.2, 0.25) is 0 Å². The molecule has 1 aliphatic rings. The minimum Gasteiger partial charge on any atom is -0.396 e. The molecule has 1 aliphatic heterocycles. The summed E-state index contributed by atoms with van der Waals surface area (Å²) in [5, 5.41) is 8.89. The molecular formula is C12H15BrN2O2. The van der Waals surface area contributed by atoms with Crippen molar-refractivity contribution < 1.29 is 9.90 Å². The minimum absolute atomic E-state index is 0.0496. The molecule has 1 fully saturated rings. The van der Waals surface area contributed by atoms with E-state index in [1.165, 1.54) is 0 Å². The predicted molar refractivity (Wildman–Crippen MR) is 67.7 cm³/mol. The van der Waals surface area contributed by atoms with Crippen molar-refractivity contribution in [2.75, 3.05) is 19.7 Å². The number of hydrogen-bond acceptors (Lipinski definition) is 3. The van der Waals surface area contributed by atoms with Crippen molar-refractivity contribution in [3.8, 4) is 0 Å². The summed E-state index contributed by atoms with van der Waals surface area (Å²) in [4.78, 5) is 18.0. The van der Waals surface area contributed by atoms with E-state index in [2.05, 4.69) is 20.9 Å². The number of carbonyl (C=O) groups excluding carboxylic acids is 1. The van der Waals surface area contributed by atoms with Crippen LogP contribution in [-0.4, -0.2) is 40.6 Å². The molecule has 1 N–H and O–H groups in total. The molecule has 0 aromatic carbocycles. The summed E-state index contributed by atoms with van der Waals surface area (Å²) in [6, 6.07) is 3.47. The van der Waals surface area contributed by atoms with Gasteiger partial charge in [0.25, 0.3) is 5.91 Å². The standard InChI is InChI=1S/C12H15BrN2O2/c13-11-7-10(1-4-14-11)12(17)15-5-2-9(8-15)3-6-16/h1,4,7,9,16H,2-3,5-6,8H2. The number of pyridine rings is 1. The maximum absolute atomic E-state index is 12.2. The van der Waals surface area contributed by atoms with Crippen LogP contribution in [0.3, 0.4) is 0 Å². The SMILES string of the molecule is O=C(c1ccnc(Br)c1)N1CCC(CCO)C1. The van der Waals surface area contributed by atoms with Gasteiger partial charge in [0.1, 0.15) is 4.60 Å². The third-order valence-electron chi connectivity index (χ3n) is 3.08. The van der Waals surface area contributed by atoms with Crippen molar-refractivity contribution in [1.82, 2.24) is 9.88 Å². The van der Waals surface area contributed by atoms with Gasteiger partial charge in [-0.15, -0.1) is 0 Å². The maximum Gasteiger partial charge on any atom is 0.254 e. The van der Waals surface area contributed by atoms with Crippen LogP contribution in [0.2, 0.25) is 0 Å². The van der Waals surface area contributed by atoms with E-state index >= 15 is 0 Å². The molecule has 1 unspecified atom stereocenters. The monoisotopic (exact) mass is 298 g/mol. The van der Waals surface area contributed by atoms with E-state index in [4.69, 9.17) is 5.11 Å². The summed E-state index contributed by atoms with van der Waals surface area (Å²) in [5.74, 6) is 0.489. The number of rotatable bonds is 3. The van der Waals surface area contributed by atoms with Gasteiger partial charge in [-0.25, -0.2) is 4.98 Å². The lowest BCUT2D eigenvalue weighted by Gasteiger charge is -2.16. The molecule has 1 atom stereocenters. The zero-order valence-electron chi connectivity index (χ0n) is 9.47. The zero-order chi connectivity index (χ0) is 12.3. The average Bonchev–Trinajstić information content (AvgIpc) is 2.77. The number of carbonyl (C=O) groups is 1. The molecule has 0 saturated carbocycles. The van der Waals surface area contributed by atoms with E-state index in [-0.39, 0.29) is 12.5 Å². The average molecular weight is 299 g/mol. The Bertz CT molecular complexity index is 411. The normalized spacial score (nSPS) is 19.6. The molecule has 0 bridgehead atoms. The summed E-state index contributed by atoms with van der Waals surface area (Å²) in [5.41, 5.74) is 0.663. The van der Waals surface area contributed by atoms with Crippen LogP contribution in [0.4, 0.5) is 0 Å². The first-order chi connectivity index (χ1) is 8.20. The topological polar surface area (TPSA) is 53.4 Å². The van der Waals surface area contributed by atoms with Gasteiger partial charge in [-0.1, -0.05) is 0 Å². The Morgan fingerprint density at radius 2 is 2.47 bits per heavy atom. The van der Waals surface area contributed by atoms with Crippen molar-refractivity contribution in [3.05, 3.63) is 28.5 Å². The highest BCUT2D eigenvalue weighted by molar-refractivity contribution is 9.10. The molecule has 4 nitrogen and oxygen atoms in total. The van der Waals surface area contributed by atoms with Gasteiger partial charge in [-0.3, -0.25) is 4.79 Å². The first kappa shape index (κ1) is 12.5. The Morgan fingerprint density at radius 1 is 1.65 bits per heavy atom. The number of halogens is 1. The highest BCUT2D eigenvalue weighted by Gasteiger charge is 2.26. The van der Waals surface area contributed by atoms with Crippen LogP contribution in [-0.2, 0) is 0 Å². The van der Waals surface area contributed by atoms with Gasteiger partial charge in [-0.05, 0) is 46.8 Å². The molecule has 0 radical (unpaired) electrons. The maximum atomic E-state index is 12.2. The molecule has 1 amide bonds. The van der Waals surface area contributed by atoms with Gasteiger partial charge in [0.15, 0.2) is 0 Å². The Labute approximate surface area is 109 Å². The molecule has 5 heteroatoms. The van der Waals surface area contributed by atoms with Gasteiger partial charge >= 0.3 is 0 Å². The molecule has 17 heavy (non-hydrogen) atoms. The van der Waals surface area contributed by atoms with Crippen molar-refractivity contribution in [2.24, 2.45) is 5.92 Å². The van der Waals surface area contributed by atoms with Crippen LogP contribution in [0, 0.1) is 5.92 Å². The Morgan fingerprint density at radius 3 is 3.18 bits per heavy atom. The zero-order valence-corrected chi connectivity index (χ0v) is 11.1. The second-order valence-corrected chi connectivity index (χ2v) is 5.10. The van der Waals surface area contributed by atoms with E-state index < -0.39 is 0 Å². The highest BCUT2D eigenvalue weighted by Crippen LogP contribution is 2.21. The van der Waals surface area contributed by atoms with Crippen LogP contribution in [0.5, 0.6) is 0 Å². The molecule has 0 aliphatic carbocycles. The number of aliphatic hydroxyl groups excluding tert-OH is 1. The molecule has 1 aromatic heterocycles. The summed E-state index contributed by atoms with van der Waals surface area (Å²) in [7, 11) is 0. The van der Waals surface area contributed by atoms with Gasteiger partial charge < -0.3 is 10.0 Å². The van der Waals surface area contributed by atoms with Crippen LogP contribution in [0.25, 0.3) is 0 Å². The molecule has 92 valence electrons. The summed E-state index contributed by atoms with van der Waals surface area (Å²) < 4.78 is 0.675. The first-order valence-electron chi connectivity index (χ1n) is 5.72. The molecule has 1 saturated heterocycles. The third kappa shape index (κ3) is 3.04.